The predicted octanol–water partition coefficient (Wildman–Crippen LogP) is 2.30. The Labute approximate surface area is 109 Å². The van der Waals surface area contributed by atoms with Gasteiger partial charge in [0.1, 0.15) is 18.4 Å². The molecule has 1 atom stereocenters. The maximum Gasteiger partial charge on any atom is 0.341 e. The SMILES string of the molecule is C[C@]12COC(=O)c3coc(c31)C(=O)c1ccccc12. The van der Waals surface area contributed by atoms with Crippen molar-refractivity contribution >= 4 is 11.8 Å². The Morgan fingerprint density at radius 1 is 1.16 bits per heavy atom. The van der Waals surface area contributed by atoms with Crippen LogP contribution in [0.5, 0.6) is 0 Å². The lowest BCUT2D eigenvalue weighted by Crippen LogP contribution is -2.41. The number of carbonyl (C=O) groups excluding carboxylic acids is 2. The molecule has 0 unspecified atom stereocenters. The molecule has 2 aromatic rings. The van der Waals surface area contributed by atoms with E-state index in [4.69, 9.17) is 9.15 Å². The fourth-order valence-electron chi connectivity index (χ4n) is 3.08. The molecule has 0 radical (unpaired) electrons. The van der Waals surface area contributed by atoms with E-state index in [1.807, 2.05) is 25.1 Å². The molecule has 0 spiro atoms. The number of carbonyl (C=O) groups is 2. The van der Waals surface area contributed by atoms with Crippen LogP contribution in [-0.2, 0) is 10.2 Å². The molecule has 0 bridgehead atoms. The van der Waals surface area contributed by atoms with Crippen LogP contribution in [0.4, 0.5) is 0 Å². The quantitative estimate of drug-likeness (QED) is 0.677. The topological polar surface area (TPSA) is 56.5 Å². The summed E-state index contributed by atoms with van der Waals surface area (Å²) in [5.41, 5.74) is 2.05. The van der Waals surface area contributed by atoms with Crippen molar-refractivity contribution in [1.29, 1.82) is 0 Å². The smallest absolute Gasteiger partial charge is 0.341 e. The first kappa shape index (κ1) is 10.6. The van der Waals surface area contributed by atoms with Gasteiger partial charge in [-0.2, -0.15) is 0 Å². The van der Waals surface area contributed by atoms with Crippen LogP contribution in [0.2, 0.25) is 0 Å². The molecule has 0 fully saturated rings. The minimum absolute atomic E-state index is 0.163. The monoisotopic (exact) mass is 254 g/mol. The number of ether oxygens (including phenoxy) is 1. The van der Waals surface area contributed by atoms with Crippen molar-refractivity contribution in [3.8, 4) is 0 Å². The minimum Gasteiger partial charge on any atom is -0.461 e. The third-order valence-electron chi connectivity index (χ3n) is 4.03. The number of benzene rings is 1. The molecule has 4 nitrogen and oxygen atoms in total. The highest BCUT2D eigenvalue weighted by Gasteiger charge is 2.49. The number of esters is 1. The number of rotatable bonds is 0. The van der Waals surface area contributed by atoms with Crippen molar-refractivity contribution < 1.29 is 18.7 Å². The zero-order valence-corrected chi connectivity index (χ0v) is 10.2. The normalized spacial score (nSPS) is 23.6. The van der Waals surface area contributed by atoms with E-state index >= 15 is 0 Å². The Bertz CT molecular complexity index is 740. The van der Waals surface area contributed by atoms with Crippen LogP contribution in [0.3, 0.4) is 0 Å². The van der Waals surface area contributed by atoms with Crippen LogP contribution in [0, 0.1) is 0 Å². The van der Waals surface area contributed by atoms with Gasteiger partial charge in [0, 0.05) is 11.1 Å². The molecular weight excluding hydrogens is 244 g/mol. The van der Waals surface area contributed by atoms with E-state index in [0.717, 1.165) is 5.56 Å². The minimum atomic E-state index is -0.504. The van der Waals surface area contributed by atoms with Crippen molar-refractivity contribution in [1.82, 2.24) is 0 Å². The zero-order valence-electron chi connectivity index (χ0n) is 10.2. The Balaban J connectivity index is 2.13. The van der Waals surface area contributed by atoms with Gasteiger partial charge in [0.15, 0.2) is 5.76 Å². The Hall–Kier alpha value is -2.36. The van der Waals surface area contributed by atoms with Gasteiger partial charge in [-0.1, -0.05) is 24.3 Å². The molecule has 1 aliphatic carbocycles. The van der Waals surface area contributed by atoms with E-state index in [2.05, 4.69) is 0 Å². The van der Waals surface area contributed by atoms with Gasteiger partial charge in [-0.3, -0.25) is 4.79 Å². The van der Waals surface area contributed by atoms with Gasteiger partial charge in [-0.05, 0) is 12.5 Å². The van der Waals surface area contributed by atoms with Crippen LogP contribution in [-0.4, -0.2) is 18.4 Å². The molecule has 4 rings (SSSR count). The van der Waals surface area contributed by atoms with Crippen molar-refractivity contribution in [3.05, 3.63) is 58.5 Å². The van der Waals surface area contributed by atoms with Gasteiger partial charge in [-0.15, -0.1) is 0 Å². The molecule has 4 heteroatoms. The third-order valence-corrected chi connectivity index (χ3v) is 4.03. The fourth-order valence-corrected chi connectivity index (χ4v) is 3.08. The van der Waals surface area contributed by atoms with Crippen LogP contribution in [0.25, 0.3) is 0 Å². The first-order chi connectivity index (χ1) is 9.13. The van der Waals surface area contributed by atoms with Crippen LogP contribution in [0.1, 0.15) is 44.5 Å². The summed E-state index contributed by atoms with van der Waals surface area (Å²) < 4.78 is 10.6. The molecule has 2 heterocycles. The average Bonchev–Trinajstić information content (AvgIpc) is 2.88. The largest absolute Gasteiger partial charge is 0.461 e. The van der Waals surface area contributed by atoms with E-state index in [1.165, 1.54) is 6.26 Å². The molecule has 0 saturated carbocycles. The van der Waals surface area contributed by atoms with Gasteiger partial charge in [-0.25, -0.2) is 4.79 Å². The van der Waals surface area contributed by atoms with Crippen molar-refractivity contribution in [2.24, 2.45) is 0 Å². The highest BCUT2D eigenvalue weighted by atomic mass is 16.5. The van der Waals surface area contributed by atoms with Gasteiger partial charge >= 0.3 is 5.97 Å². The first-order valence-corrected chi connectivity index (χ1v) is 6.06. The summed E-state index contributed by atoms with van der Waals surface area (Å²) in [6.45, 7) is 2.21. The number of fused-ring (bicyclic) bond motifs is 2. The summed E-state index contributed by atoms with van der Waals surface area (Å²) in [4.78, 5) is 24.2. The second kappa shape index (κ2) is 3.15. The fraction of sp³-hybridized carbons (Fsp3) is 0.200. The van der Waals surface area contributed by atoms with E-state index in [1.54, 1.807) is 6.07 Å². The second-order valence-corrected chi connectivity index (χ2v) is 5.14. The molecule has 1 aliphatic heterocycles. The molecule has 0 amide bonds. The highest BCUT2D eigenvalue weighted by Crippen LogP contribution is 2.46. The van der Waals surface area contributed by atoms with Gasteiger partial charge in [0.05, 0.1) is 5.41 Å². The Morgan fingerprint density at radius 3 is 2.79 bits per heavy atom. The summed E-state index contributed by atoms with van der Waals surface area (Å²) in [5, 5.41) is 0. The summed E-state index contributed by atoms with van der Waals surface area (Å²) in [6, 6.07) is 7.40. The number of cyclic esters (lactones) is 1. The predicted molar refractivity (Wildman–Crippen MR) is 65.3 cm³/mol. The summed E-state index contributed by atoms with van der Waals surface area (Å²) >= 11 is 0. The van der Waals surface area contributed by atoms with E-state index in [9.17, 15) is 9.59 Å². The lowest BCUT2D eigenvalue weighted by Gasteiger charge is -2.37. The Kier molecular flexibility index (Phi) is 1.75. The number of hydrogen-bond acceptors (Lipinski definition) is 4. The zero-order chi connectivity index (χ0) is 13.2. The molecule has 0 saturated heterocycles. The first-order valence-electron chi connectivity index (χ1n) is 6.06. The van der Waals surface area contributed by atoms with E-state index < -0.39 is 11.4 Å². The molecule has 0 N–H and O–H groups in total. The Morgan fingerprint density at radius 2 is 1.95 bits per heavy atom. The molecule has 94 valence electrons. The lowest BCUT2D eigenvalue weighted by atomic mass is 9.68. The molecule has 1 aromatic heterocycles. The van der Waals surface area contributed by atoms with E-state index in [-0.39, 0.29) is 18.2 Å². The maximum absolute atomic E-state index is 12.4. The maximum atomic E-state index is 12.4. The van der Waals surface area contributed by atoms with Crippen molar-refractivity contribution in [3.63, 3.8) is 0 Å². The molecular formula is C15H10O4. The molecule has 1 aromatic carbocycles. The summed E-state index contributed by atoms with van der Waals surface area (Å²) in [7, 11) is 0. The van der Waals surface area contributed by atoms with Crippen LogP contribution in [0.15, 0.2) is 34.9 Å². The number of furan rings is 1. The highest BCUT2D eigenvalue weighted by molar-refractivity contribution is 6.13. The second-order valence-electron chi connectivity index (χ2n) is 5.14. The summed E-state index contributed by atoms with van der Waals surface area (Å²) in [6.07, 6.45) is 1.33. The van der Waals surface area contributed by atoms with E-state index in [0.29, 0.717) is 16.7 Å². The van der Waals surface area contributed by atoms with Gasteiger partial charge in [0.2, 0.25) is 5.78 Å². The standard InChI is InChI=1S/C15H10O4/c1-15-7-19-14(17)9-6-18-13(11(9)15)12(16)8-4-2-3-5-10(8)15/h2-6H,7H2,1H3/t15-/m1/s1. The third kappa shape index (κ3) is 1.09. The van der Waals surface area contributed by atoms with Crippen molar-refractivity contribution in [2.75, 3.05) is 6.61 Å². The summed E-state index contributed by atoms with van der Waals surface area (Å²) in [5.74, 6) is -0.313. The molecule has 19 heavy (non-hydrogen) atoms. The lowest BCUT2D eigenvalue weighted by molar-refractivity contribution is 0.0391. The number of ketones is 1. The van der Waals surface area contributed by atoms with Gasteiger partial charge < -0.3 is 9.15 Å². The molecule has 2 aliphatic rings. The van der Waals surface area contributed by atoms with Gasteiger partial charge in [0.25, 0.3) is 0 Å². The van der Waals surface area contributed by atoms with Crippen molar-refractivity contribution in [2.45, 2.75) is 12.3 Å². The number of hydrogen-bond donors (Lipinski definition) is 0. The van der Waals surface area contributed by atoms with Crippen LogP contribution < -0.4 is 0 Å². The van der Waals surface area contributed by atoms with Crippen LogP contribution >= 0.6 is 0 Å². The average molecular weight is 254 g/mol.